The summed E-state index contributed by atoms with van der Waals surface area (Å²) in [5.74, 6) is 0.00719. The van der Waals surface area contributed by atoms with Crippen molar-refractivity contribution in [1.29, 1.82) is 0 Å². The van der Waals surface area contributed by atoms with Crippen LogP contribution < -0.4 is 4.74 Å². The zero-order valence-corrected chi connectivity index (χ0v) is 9.37. The number of aromatic nitrogens is 1. The number of benzene rings is 1. The molecule has 0 aliphatic rings. The first-order valence-corrected chi connectivity index (χ1v) is 4.91. The number of halogens is 1. The van der Waals surface area contributed by atoms with Gasteiger partial charge in [-0.25, -0.2) is 4.39 Å². The van der Waals surface area contributed by atoms with Crippen LogP contribution in [0.4, 0.5) is 4.39 Å². The van der Waals surface area contributed by atoms with Crippen LogP contribution in [0.3, 0.4) is 0 Å². The largest absolute Gasteiger partial charge is 0.497 e. The molecule has 16 heavy (non-hydrogen) atoms. The minimum Gasteiger partial charge on any atom is -0.497 e. The fraction of sp³-hybridized carbons (Fsp3) is 0.250. The molecule has 0 saturated heterocycles. The summed E-state index contributed by atoms with van der Waals surface area (Å²) >= 11 is 0. The fourth-order valence-corrected chi connectivity index (χ4v) is 1.89. The highest BCUT2D eigenvalue weighted by Gasteiger charge is 2.16. The van der Waals surface area contributed by atoms with E-state index in [-0.39, 0.29) is 11.7 Å². The average Bonchev–Trinajstić information content (AvgIpc) is 2.51. The maximum absolute atomic E-state index is 13.9. The number of carbonyl (C=O) groups excluding carboxylic acids is 1. The number of ether oxygens (including phenoxy) is 1. The van der Waals surface area contributed by atoms with Crippen LogP contribution in [0.1, 0.15) is 17.4 Å². The Bertz CT molecular complexity index is 572. The minimum absolute atomic E-state index is 0.198. The molecule has 0 spiro atoms. The van der Waals surface area contributed by atoms with E-state index < -0.39 is 0 Å². The van der Waals surface area contributed by atoms with Crippen LogP contribution in [-0.4, -0.2) is 17.6 Å². The van der Waals surface area contributed by atoms with Gasteiger partial charge in [-0.3, -0.25) is 9.36 Å². The van der Waals surface area contributed by atoms with E-state index in [4.69, 9.17) is 4.74 Å². The van der Waals surface area contributed by atoms with Crippen LogP contribution >= 0.6 is 0 Å². The molecule has 1 aromatic heterocycles. The monoisotopic (exact) mass is 221 g/mol. The Labute approximate surface area is 92.4 Å². The normalized spacial score (nSPS) is 10.8. The second-order valence-electron chi connectivity index (χ2n) is 3.64. The molecule has 0 aliphatic heterocycles. The van der Waals surface area contributed by atoms with Gasteiger partial charge in [0.05, 0.1) is 18.3 Å². The lowest BCUT2D eigenvalue weighted by atomic mass is 10.2. The van der Waals surface area contributed by atoms with Gasteiger partial charge in [0.2, 0.25) is 5.91 Å². The minimum atomic E-state index is -0.371. The number of carbonyl (C=O) groups is 1. The molecule has 0 bridgehead atoms. The van der Waals surface area contributed by atoms with Gasteiger partial charge in [-0.05, 0) is 25.1 Å². The maximum atomic E-state index is 13.9. The molecule has 0 amide bonds. The highest BCUT2D eigenvalue weighted by molar-refractivity contribution is 5.93. The SMILES string of the molecule is COc1ccc2c(c1)c(F)c(C)n2C(C)=O. The molecular formula is C12H12FNO2. The number of fused-ring (bicyclic) bond motifs is 1. The lowest BCUT2D eigenvalue weighted by Gasteiger charge is -2.02. The first kappa shape index (κ1) is 10.7. The Morgan fingerprint density at radius 2 is 2.12 bits per heavy atom. The van der Waals surface area contributed by atoms with Crippen molar-refractivity contribution in [3.05, 3.63) is 29.7 Å². The molecule has 0 fully saturated rings. The van der Waals surface area contributed by atoms with E-state index in [0.29, 0.717) is 22.3 Å². The number of hydrogen-bond acceptors (Lipinski definition) is 2. The first-order valence-electron chi connectivity index (χ1n) is 4.91. The third kappa shape index (κ3) is 1.38. The van der Waals surface area contributed by atoms with Crippen LogP contribution in [0.5, 0.6) is 5.75 Å². The molecule has 0 saturated carbocycles. The van der Waals surface area contributed by atoms with Crippen molar-refractivity contribution in [3.63, 3.8) is 0 Å². The first-order chi connectivity index (χ1) is 7.56. The maximum Gasteiger partial charge on any atom is 0.228 e. The van der Waals surface area contributed by atoms with Gasteiger partial charge in [0, 0.05) is 12.3 Å². The van der Waals surface area contributed by atoms with Crippen molar-refractivity contribution in [2.24, 2.45) is 0 Å². The standard InChI is InChI=1S/C12H12FNO2/c1-7-12(13)10-6-9(16-3)4-5-11(10)14(7)8(2)15/h4-6H,1-3H3. The van der Waals surface area contributed by atoms with E-state index >= 15 is 0 Å². The quantitative estimate of drug-likeness (QED) is 0.741. The number of hydrogen-bond donors (Lipinski definition) is 0. The van der Waals surface area contributed by atoms with Gasteiger partial charge in [0.25, 0.3) is 0 Å². The number of nitrogens with zero attached hydrogens (tertiary/aromatic N) is 1. The van der Waals surface area contributed by atoms with Crippen molar-refractivity contribution in [2.45, 2.75) is 13.8 Å². The molecule has 0 radical (unpaired) electrons. The summed E-state index contributed by atoms with van der Waals surface area (Å²) in [5.41, 5.74) is 0.902. The van der Waals surface area contributed by atoms with Crippen LogP contribution in [0.2, 0.25) is 0 Å². The van der Waals surface area contributed by atoms with Gasteiger partial charge in [0.15, 0.2) is 5.82 Å². The molecule has 0 aliphatic carbocycles. The lowest BCUT2D eigenvalue weighted by Crippen LogP contribution is -2.07. The molecule has 4 heteroatoms. The van der Waals surface area contributed by atoms with E-state index in [0.717, 1.165) is 0 Å². The smallest absolute Gasteiger partial charge is 0.228 e. The van der Waals surface area contributed by atoms with E-state index in [9.17, 15) is 9.18 Å². The van der Waals surface area contributed by atoms with Gasteiger partial charge < -0.3 is 4.74 Å². The van der Waals surface area contributed by atoms with Gasteiger partial charge >= 0.3 is 0 Å². The van der Waals surface area contributed by atoms with Gasteiger partial charge in [0.1, 0.15) is 5.75 Å². The van der Waals surface area contributed by atoms with Gasteiger partial charge in [-0.2, -0.15) is 0 Å². The van der Waals surface area contributed by atoms with E-state index in [2.05, 4.69) is 0 Å². The predicted octanol–water partition coefficient (Wildman–Crippen LogP) is 2.76. The molecule has 0 N–H and O–H groups in total. The van der Waals surface area contributed by atoms with Crippen LogP contribution in [-0.2, 0) is 0 Å². The second-order valence-corrected chi connectivity index (χ2v) is 3.64. The molecule has 1 aromatic carbocycles. The lowest BCUT2D eigenvalue weighted by molar-refractivity contribution is 0.0939. The highest BCUT2D eigenvalue weighted by atomic mass is 19.1. The molecule has 0 unspecified atom stereocenters. The zero-order valence-electron chi connectivity index (χ0n) is 9.37. The summed E-state index contributed by atoms with van der Waals surface area (Å²) in [6, 6.07) is 4.99. The van der Waals surface area contributed by atoms with E-state index in [1.54, 1.807) is 25.1 Å². The molecule has 84 valence electrons. The molecule has 1 heterocycles. The van der Waals surface area contributed by atoms with Crippen molar-refractivity contribution in [1.82, 2.24) is 4.57 Å². The van der Waals surface area contributed by atoms with Gasteiger partial charge in [-0.1, -0.05) is 0 Å². The highest BCUT2D eigenvalue weighted by Crippen LogP contribution is 2.27. The molecule has 3 nitrogen and oxygen atoms in total. The number of methoxy groups -OCH3 is 1. The van der Waals surface area contributed by atoms with Crippen molar-refractivity contribution in [2.75, 3.05) is 7.11 Å². The Morgan fingerprint density at radius 3 is 2.69 bits per heavy atom. The summed E-state index contributed by atoms with van der Waals surface area (Å²) in [6.07, 6.45) is 0. The van der Waals surface area contributed by atoms with E-state index in [1.165, 1.54) is 18.6 Å². The third-order valence-electron chi connectivity index (χ3n) is 2.65. The summed E-state index contributed by atoms with van der Waals surface area (Å²) < 4.78 is 20.3. The third-order valence-corrected chi connectivity index (χ3v) is 2.65. The average molecular weight is 221 g/mol. The fourth-order valence-electron chi connectivity index (χ4n) is 1.89. The summed E-state index contributed by atoms with van der Waals surface area (Å²) in [6.45, 7) is 3.00. The van der Waals surface area contributed by atoms with Crippen molar-refractivity contribution < 1.29 is 13.9 Å². The predicted molar refractivity (Wildman–Crippen MR) is 59.5 cm³/mol. The number of rotatable bonds is 1. The van der Waals surface area contributed by atoms with Crippen molar-refractivity contribution in [3.8, 4) is 5.75 Å². The zero-order chi connectivity index (χ0) is 11.9. The Kier molecular flexibility index (Phi) is 2.42. The summed E-state index contributed by atoms with van der Waals surface area (Å²) in [7, 11) is 1.52. The van der Waals surface area contributed by atoms with Crippen LogP contribution in [0, 0.1) is 12.7 Å². The van der Waals surface area contributed by atoms with E-state index in [1.807, 2.05) is 0 Å². The van der Waals surface area contributed by atoms with Crippen LogP contribution in [0.15, 0.2) is 18.2 Å². The van der Waals surface area contributed by atoms with Gasteiger partial charge in [-0.15, -0.1) is 0 Å². The summed E-state index contributed by atoms with van der Waals surface area (Å²) in [5, 5.41) is 0.409. The van der Waals surface area contributed by atoms with Crippen LogP contribution in [0.25, 0.3) is 10.9 Å². The van der Waals surface area contributed by atoms with Crippen molar-refractivity contribution >= 4 is 16.8 Å². The Hall–Kier alpha value is -1.84. The molecule has 0 atom stereocenters. The Balaban J connectivity index is 2.84. The molecular weight excluding hydrogens is 209 g/mol. The molecule has 2 rings (SSSR count). The summed E-state index contributed by atoms with van der Waals surface area (Å²) in [4.78, 5) is 11.4. The second kappa shape index (κ2) is 3.63. The Morgan fingerprint density at radius 1 is 1.44 bits per heavy atom. The molecule has 2 aromatic rings. The topological polar surface area (TPSA) is 31.2 Å².